The largest absolute Gasteiger partial charge is 0.493 e. The Hall–Kier alpha value is -2.66. The van der Waals surface area contributed by atoms with Crippen LogP contribution in [0.15, 0.2) is 42.6 Å². The summed E-state index contributed by atoms with van der Waals surface area (Å²) in [7, 11) is 3.30. The first kappa shape index (κ1) is 19.1. The molecule has 0 saturated carbocycles. The minimum Gasteiger partial charge on any atom is -0.493 e. The van der Waals surface area contributed by atoms with Gasteiger partial charge in [0, 0.05) is 23.6 Å². The summed E-state index contributed by atoms with van der Waals surface area (Å²) in [6.07, 6.45) is 4.24. The number of rotatable bonds is 10. The normalized spacial score (nSPS) is 10.9. The molecule has 1 heterocycles. The first-order chi connectivity index (χ1) is 13.3. The number of benzene rings is 2. The van der Waals surface area contributed by atoms with E-state index in [1.165, 1.54) is 16.5 Å². The van der Waals surface area contributed by atoms with Gasteiger partial charge in [0.1, 0.15) is 0 Å². The summed E-state index contributed by atoms with van der Waals surface area (Å²) in [5.74, 6) is 2.06. The third-order valence-electron chi connectivity index (χ3n) is 4.61. The molecule has 0 aliphatic carbocycles. The van der Waals surface area contributed by atoms with Gasteiger partial charge >= 0.3 is 0 Å². The molecule has 5 heteroatoms. The number of hydrogen-bond donors (Lipinski definition) is 2. The predicted molar refractivity (Wildman–Crippen MR) is 109 cm³/mol. The third-order valence-corrected chi connectivity index (χ3v) is 4.61. The van der Waals surface area contributed by atoms with Gasteiger partial charge in [0.15, 0.2) is 11.5 Å². The van der Waals surface area contributed by atoms with Crippen molar-refractivity contribution < 1.29 is 14.2 Å². The Morgan fingerprint density at radius 1 is 1.04 bits per heavy atom. The number of aromatic amines is 1. The van der Waals surface area contributed by atoms with Crippen molar-refractivity contribution in [3.05, 3.63) is 53.7 Å². The molecule has 27 heavy (non-hydrogen) atoms. The molecular weight excluding hydrogens is 340 g/mol. The van der Waals surface area contributed by atoms with Crippen LogP contribution < -0.4 is 19.5 Å². The topological polar surface area (TPSA) is 55.5 Å². The number of methoxy groups -OCH3 is 2. The number of hydrogen-bond acceptors (Lipinski definition) is 4. The van der Waals surface area contributed by atoms with Crippen molar-refractivity contribution in [1.82, 2.24) is 10.3 Å². The highest BCUT2D eigenvalue weighted by molar-refractivity contribution is 5.82. The van der Waals surface area contributed by atoms with Crippen molar-refractivity contribution in [3.8, 4) is 17.2 Å². The highest BCUT2D eigenvalue weighted by Gasteiger charge is 2.13. The van der Waals surface area contributed by atoms with Gasteiger partial charge in [0.2, 0.25) is 5.75 Å². The average molecular weight is 368 g/mol. The summed E-state index contributed by atoms with van der Waals surface area (Å²) in [4.78, 5) is 3.34. The molecule has 0 spiro atoms. The molecule has 1 aromatic heterocycles. The van der Waals surface area contributed by atoms with Crippen molar-refractivity contribution in [3.63, 3.8) is 0 Å². The Balaban J connectivity index is 1.54. The van der Waals surface area contributed by atoms with Gasteiger partial charge in [0.05, 0.1) is 20.8 Å². The molecule has 3 rings (SSSR count). The van der Waals surface area contributed by atoms with E-state index in [1.807, 2.05) is 19.1 Å². The summed E-state index contributed by atoms with van der Waals surface area (Å²) >= 11 is 0. The summed E-state index contributed by atoms with van der Waals surface area (Å²) in [6.45, 7) is 4.21. The summed E-state index contributed by atoms with van der Waals surface area (Å²) in [6, 6.07) is 12.4. The van der Waals surface area contributed by atoms with Crippen LogP contribution in [0.5, 0.6) is 17.2 Å². The maximum Gasteiger partial charge on any atom is 0.203 e. The molecule has 3 aromatic rings. The molecule has 2 aromatic carbocycles. The summed E-state index contributed by atoms with van der Waals surface area (Å²) < 4.78 is 16.6. The standard InChI is InChI=1S/C22H28N2O3/c1-4-27-22-20(25-2)12-16(13-21(22)26-3)14-23-11-7-8-17-15-24-19-10-6-5-9-18(17)19/h5-6,9-10,12-13,15,23-24H,4,7-8,11,14H2,1-3H3. The van der Waals surface area contributed by atoms with Crippen LogP contribution in [-0.2, 0) is 13.0 Å². The Kier molecular flexibility index (Phi) is 6.60. The minimum atomic E-state index is 0.568. The van der Waals surface area contributed by atoms with Crippen LogP contribution in [0.4, 0.5) is 0 Å². The van der Waals surface area contributed by atoms with E-state index in [1.54, 1.807) is 14.2 Å². The average Bonchev–Trinajstić information content (AvgIpc) is 3.11. The minimum absolute atomic E-state index is 0.568. The van der Waals surface area contributed by atoms with Crippen LogP contribution in [0.3, 0.4) is 0 Å². The number of ether oxygens (including phenoxy) is 3. The lowest BCUT2D eigenvalue weighted by atomic mass is 10.1. The van der Waals surface area contributed by atoms with Crippen molar-refractivity contribution in [2.24, 2.45) is 0 Å². The number of para-hydroxylation sites is 1. The van der Waals surface area contributed by atoms with Crippen LogP contribution in [-0.4, -0.2) is 32.4 Å². The summed E-state index contributed by atoms with van der Waals surface area (Å²) in [5, 5.41) is 4.82. The Morgan fingerprint density at radius 2 is 1.78 bits per heavy atom. The Morgan fingerprint density at radius 3 is 2.48 bits per heavy atom. The van der Waals surface area contributed by atoms with Crippen LogP contribution in [0.25, 0.3) is 10.9 Å². The Labute approximate surface area is 160 Å². The second-order valence-corrected chi connectivity index (χ2v) is 6.40. The van der Waals surface area contributed by atoms with Crippen molar-refractivity contribution in [2.75, 3.05) is 27.4 Å². The lowest BCUT2D eigenvalue weighted by Gasteiger charge is -2.15. The van der Waals surface area contributed by atoms with Crippen molar-refractivity contribution in [1.29, 1.82) is 0 Å². The molecular formula is C22H28N2O3. The summed E-state index contributed by atoms with van der Waals surface area (Å²) in [5.41, 5.74) is 3.69. The molecule has 0 fully saturated rings. The lowest BCUT2D eigenvalue weighted by Crippen LogP contribution is -2.15. The monoisotopic (exact) mass is 368 g/mol. The lowest BCUT2D eigenvalue weighted by molar-refractivity contribution is 0.288. The van der Waals surface area contributed by atoms with Gasteiger partial charge in [-0.25, -0.2) is 0 Å². The fourth-order valence-corrected chi connectivity index (χ4v) is 3.30. The first-order valence-electron chi connectivity index (χ1n) is 9.40. The van der Waals surface area contributed by atoms with Crippen molar-refractivity contribution in [2.45, 2.75) is 26.3 Å². The Bertz CT molecular complexity index is 848. The van der Waals surface area contributed by atoms with Crippen LogP contribution in [0.2, 0.25) is 0 Å². The van der Waals surface area contributed by atoms with E-state index in [4.69, 9.17) is 14.2 Å². The number of fused-ring (bicyclic) bond motifs is 1. The SMILES string of the molecule is CCOc1c(OC)cc(CNCCCc2c[nH]c3ccccc23)cc1OC. The number of aryl methyl sites for hydroxylation is 1. The number of aromatic nitrogens is 1. The third kappa shape index (κ3) is 4.55. The predicted octanol–water partition coefficient (Wildman–Crippen LogP) is 4.31. The molecule has 0 unspecified atom stereocenters. The fourth-order valence-electron chi connectivity index (χ4n) is 3.30. The van der Waals surface area contributed by atoms with Crippen LogP contribution >= 0.6 is 0 Å². The highest BCUT2D eigenvalue weighted by Crippen LogP contribution is 2.38. The molecule has 0 saturated heterocycles. The zero-order valence-corrected chi connectivity index (χ0v) is 16.3. The van der Waals surface area contributed by atoms with Gasteiger partial charge in [0.25, 0.3) is 0 Å². The van der Waals surface area contributed by atoms with Gasteiger partial charge in [-0.15, -0.1) is 0 Å². The first-order valence-corrected chi connectivity index (χ1v) is 9.40. The molecule has 144 valence electrons. The molecule has 0 radical (unpaired) electrons. The molecule has 0 amide bonds. The maximum absolute atomic E-state index is 5.65. The smallest absolute Gasteiger partial charge is 0.203 e. The zero-order valence-electron chi connectivity index (χ0n) is 16.3. The molecule has 2 N–H and O–H groups in total. The van der Waals surface area contributed by atoms with Crippen LogP contribution in [0, 0.1) is 0 Å². The number of nitrogens with one attached hydrogen (secondary N) is 2. The van der Waals surface area contributed by atoms with Gasteiger partial charge in [-0.05, 0) is 55.6 Å². The molecule has 5 nitrogen and oxygen atoms in total. The van der Waals surface area contributed by atoms with Crippen molar-refractivity contribution >= 4 is 10.9 Å². The van der Waals surface area contributed by atoms with Gasteiger partial charge in [-0.3, -0.25) is 0 Å². The number of H-pyrrole nitrogens is 1. The molecule has 0 aliphatic heterocycles. The zero-order chi connectivity index (χ0) is 19.1. The van der Waals surface area contributed by atoms with E-state index in [0.29, 0.717) is 23.9 Å². The van der Waals surface area contributed by atoms with E-state index in [0.717, 1.165) is 31.5 Å². The second-order valence-electron chi connectivity index (χ2n) is 6.40. The fraction of sp³-hybridized carbons (Fsp3) is 0.364. The quantitative estimate of drug-likeness (QED) is 0.524. The van der Waals surface area contributed by atoms with E-state index in [9.17, 15) is 0 Å². The van der Waals surface area contributed by atoms with Crippen LogP contribution in [0.1, 0.15) is 24.5 Å². The molecule has 0 bridgehead atoms. The van der Waals surface area contributed by atoms with Gasteiger partial charge in [-0.1, -0.05) is 18.2 Å². The van der Waals surface area contributed by atoms with E-state index in [-0.39, 0.29) is 0 Å². The maximum atomic E-state index is 5.65. The van der Waals surface area contributed by atoms with E-state index in [2.05, 4.69) is 40.8 Å². The van der Waals surface area contributed by atoms with E-state index < -0.39 is 0 Å². The molecule has 0 aliphatic rings. The molecule has 0 atom stereocenters. The van der Waals surface area contributed by atoms with Gasteiger partial charge < -0.3 is 24.5 Å². The van der Waals surface area contributed by atoms with E-state index >= 15 is 0 Å². The second kappa shape index (κ2) is 9.33. The highest BCUT2D eigenvalue weighted by atomic mass is 16.5. The van der Waals surface area contributed by atoms with Gasteiger partial charge in [-0.2, -0.15) is 0 Å².